The Balaban J connectivity index is 2.10. The van der Waals surface area contributed by atoms with E-state index in [2.05, 4.69) is 0 Å². The van der Waals surface area contributed by atoms with Crippen LogP contribution in [0.15, 0.2) is 18.2 Å². The van der Waals surface area contributed by atoms with Gasteiger partial charge in [-0.25, -0.2) is 4.39 Å². The summed E-state index contributed by atoms with van der Waals surface area (Å²) in [6.07, 6.45) is 1.00. The number of halogens is 2. The maximum atomic E-state index is 13.1. The van der Waals surface area contributed by atoms with Crippen LogP contribution in [0.5, 0.6) is 0 Å². The number of amides is 1. The first-order valence-corrected chi connectivity index (χ1v) is 7.51. The lowest BCUT2D eigenvalue weighted by Crippen LogP contribution is -2.35. The zero-order chi connectivity index (χ0) is 13.8. The first kappa shape index (κ1) is 14.7. The molecule has 1 heterocycles. The molecule has 3 nitrogen and oxygen atoms in total. The summed E-state index contributed by atoms with van der Waals surface area (Å²) in [5, 5.41) is 0. The van der Waals surface area contributed by atoms with Gasteiger partial charge < -0.3 is 9.64 Å². The summed E-state index contributed by atoms with van der Waals surface area (Å²) in [5.41, 5.74) is 0.572. The highest BCUT2D eigenvalue weighted by Crippen LogP contribution is 2.19. The predicted octanol–water partition coefficient (Wildman–Crippen LogP) is 2.93. The zero-order valence-corrected chi connectivity index (χ0v) is 13.0. The second-order valence-electron chi connectivity index (χ2n) is 4.70. The van der Waals surface area contributed by atoms with Crippen molar-refractivity contribution in [3.63, 3.8) is 0 Å². The molecule has 1 atom stereocenters. The topological polar surface area (TPSA) is 29.5 Å². The van der Waals surface area contributed by atoms with E-state index in [1.165, 1.54) is 12.1 Å². The van der Waals surface area contributed by atoms with Gasteiger partial charge in [-0.1, -0.05) is 0 Å². The van der Waals surface area contributed by atoms with Crippen molar-refractivity contribution in [1.82, 2.24) is 4.90 Å². The van der Waals surface area contributed by atoms with Crippen molar-refractivity contribution >= 4 is 28.5 Å². The number of hydrogen-bond acceptors (Lipinski definition) is 2. The van der Waals surface area contributed by atoms with E-state index in [-0.39, 0.29) is 11.7 Å². The molecule has 104 valence electrons. The van der Waals surface area contributed by atoms with Crippen LogP contribution in [0.3, 0.4) is 0 Å². The van der Waals surface area contributed by atoms with Gasteiger partial charge in [0.1, 0.15) is 5.82 Å². The lowest BCUT2D eigenvalue weighted by Gasteiger charge is -2.24. The van der Waals surface area contributed by atoms with Crippen molar-refractivity contribution in [3.8, 4) is 0 Å². The summed E-state index contributed by atoms with van der Waals surface area (Å²) in [5.74, 6) is 0.0778. The van der Waals surface area contributed by atoms with E-state index in [0.29, 0.717) is 28.1 Å². The Morgan fingerprint density at radius 1 is 1.58 bits per heavy atom. The Bertz CT molecular complexity index is 461. The molecule has 1 fully saturated rings. The lowest BCUT2D eigenvalue weighted by molar-refractivity contribution is 0.0729. The zero-order valence-electron chi connectivity index (χ0n) is 10.9. The lowest BCUT2D eigenvalue weighted by atomic mass is 10.1. The molecule has 1 aliphatic rings. The highest BCUT2D eigenvalue weighted by Gasteiger charge is 2.23. The van der Waals surface area contributed by atoms with Gasteiger partial charge in [-0.05, 0) is 54.1 Å². The van der Waals surface area contributed by atoms with Gasteiger partial charge in [0, 0.05) is 29.2 Å². The second-order valence-corrected chi connectivity index (χ2v) is 5.86. The quantitative estimate of drug-likeness (QED) is 0.756. The number of hydrogen-bond donors (Lipinski definition) is 0. The largest absolute Gasteiger partial charge is 0.381 e. The molecule has 1 aromatic carbocycles. The number of benzene rings is 1. The Morgan fingerprint density at radius 2 is 2.37 bits per heavy atom. The van der Waals surface area contributed by atoms with Gasteiger partial charge in [-0.2, -0.15) is 0 Å². The molecule has 0 aliphatic carbocycles. The number of nitrogens with zero attached hydrogens (tertiary/aromatic N) is 1. The number of ether oxygens (including phenoxy) is 1. The normalized spacial score (nSPS) is 18.6. The number of rotatable bonds is 4. The van der Waals surface area contributed by atoms with Gasteiger partial charge >= 0.3 is 0 Å². The van der Waals surface area contributed by atoms with E-state index in [1.54, 1.807) is 6.07 Å². The van der Waals surface area contributed by atoms with Gasteiger partial charge in [0.15, 0.2) is 0 Å². The number of carbonyl (C=O) groups excluding carboxylic acids is 1. The fourth-order valence-electron chi connectivity index (χ4n) is 2.23. The monoisotopic (exact) mass is 377 g/mol. The molecule has 0 bridgehead atoms. The minimum atomic E-state index is -0.312. The third-order valence-corrected chi connectivity index (χ3v) is 4.23. The highest BCUT2D eigenvalue weighted by atomic mass is 127. The van der Waals surface area contributed by atoms with E-state index in [0.717, 1.165) is 19.6 Å². The molecule has 19 heavy (non-hydrogen) atoms. The van der Waals surface area contributed by atoms with Crippen molar-refractivity contribution in [1.29, 1.82) is 0 Å². The van der Waals surface area contributed by atoms with E-state index < -0.39 is 0 Å². The molecular formula is C14H17FINO2. The second kappa shape index (κ2) is 6.65. The minimum absolute atomic E-state index is 0.0289. The molecule has 0 spiro atoms. The smallest absolute Gasteiger partial charge is 0.254 e. The maximum Gasteiger partial charge on any atom is 0.254 e. The summed E-state index contributed by atoms with van der Waals surface area (Å²) in [6.45, 7) is 4.84. The number of carbonyl (C=O) groups is 1. The summed E-state index contributed by atoms with van der Waals surface area (Å²) in [4.78, 5) is 14.3. The fourth-order valence-corrected chi connectivity index (χ4v) is 2.94. The van der Waals surface area contributed by atoms with Gasteiger partial charge in [-0.15, -0.1) is 0 Å². The van der Waals surface area contributed by atoms with Gasteiger partial charge in [0.2, 0.25) is 0 Å². The Kier molecular flexibility index (Phi) is 5.15. The van der Waals surface area contributed by atoms with Crippen LogP contribution >= 0.6 is 22.6 Å². The molecule has 0 radical (unpaired) electrons. The van der Waals surface area contributed by atoms with E-state index in [1.807, 2.05) is 34.4 Å². The van der Waals surface area contributed by atoms with Gasteiger partial charge in [-0.3, -0.25) is 4.79 Å². The SMILES string of the molecule is CCN(CC1CCOC1)C(=O)c1ccc(F)cc1I. The molecule has 1 amide bonds. The van der Waals surface area contributed by atoms with Crippen molar-refractivity contribution in [3.05, 3.63) is 33.1 Å². The Morgan fingerprint density at radius 3 is 2.95 bits per heavy atom. The maximum absolute atomic E-state index is 13.1. The minimum Gasteiger partial charge on any atom is -0.381 e. The average molecular weight is 377 g/mol. The van der Waals surface area contributed by atoms with Gasteiger partial charge in [0.05, 0.1) is 12.2 Å². The van der Waals surface area contributed by atoms with Crippen molar-refractivity contribution < 1.29 is 13.9 Å². The fraction of sp³-hybridized carbons (Fsp3) is 0.500. The van der Waals surface area contributed by atoms with E-state index in [9.17, 15) is 9.18 Å². The van der Waals surface area contributed by atoms with E-state index >= 15 is 0 Å². The first-order valence-electron chi connectivity index (χ1n) is 6.44. The molecule has 0 aromatic heterocycles. The molecule has 0 N–H and O–H groups in total. The van der Waals surface area contributed by atoms with Gasteiger partial charge in [0.25, 0.3) is 5.91 Å². The third kappa shape index (κ3) is 3.66. The third-order valence-electron chi connectivity index (χ3n) is 3.33. The summed E-state index contributed by atoms with van der Waals surface area (Å²) >= 11 is 2.00. The molecule has 0 saturated carbocycles. The van der Waals surface area contributed by atoms with Crippen LogP contribution in [0.2, 0.25) is 0 Å². The first-order chi connectivity index (χ1) is 9.11. The molecular weight excluding hydrogens is 360 g/mol. The Hall–Kier alpha value is -0.690. The van der Waals surface area contributed by atoms with Crippen LogP contribution in [0.4, 0.5) is 4.39 Å². The van der Waals surface area contributed by atoms with Crippen molar-refractivity contribution in [2.45, 2.75) is 13.3 Å². The predicted molar refractivity (Wildman–Crippen MR) is 79.6 cm³/mol. The molecule has 5 heteroatoms. The average Bonchev–Trinajstić information content (AvgIpc) is 2.88. The molecule has 1 saturated heterocycles. The van der Waals surface area contributed by atoms with Crippen LogP contribution in [0, 0.1) is 15.3 Å². The molecule has 1 unspecified atom stereocenters. The molecule has 2 rings (SSSR count). The summed E-state index contributed by atoms with van der Waals surface area (Å²) in [7, 11) is 0. The summed E-state index contributed by atoms with van der Waals surface area (Å²) < 4.78 is 19.1. The standard InChI is InChI=1S/C14H17FINO2/c1-2-17(8-10-5-6-19-9-10)14(18)12-4-3-11(15)7-13(12)16/h3-4,7,10H,2,5-6,8-9H2,1H3. The molecule has 1 aromatic rings. The Labute approximate surface area is 126 Å². The van der Waals surface area contributed by atoms with Crippen LogP contribution in [0.25, 0.3) is 0 Å². The van der Waals surface area contributed by atoms with Crippen molar-refractivity contribution in [2.75, 3.05) is 26.3 Å². The highest BCUT2D eigenvalue weighted by molar-refractivity contribution is 14.1. The van der Waals surface area contributed by atoms with Crippen LogP contribution in [-0.4, -0.2) is 37.1 Å². The van der Waals surface area contributed by atoms with Crippen LogP contribution in [-0.2, 0) is 4.74 Å². The summed E-state index contributed by atoms with van der Waals surface area (Å²) in [6, 6.07) is 4.29. The van der Waals surface area contributed by atoms with Crippen LogP contribution < -0.4 is 0 Å². The molecule has 1 aliphatic heterocycles. The van der Waals surface area contributed by atoms with E-state index in [4.69, 9.17) is 4.74 Å². The van der Waals surface area contributed by atoms with Crippen LogP contribution in [0.1, 0.15) is 23.7 Å². The van der Waals surface area contributed by atoms with Crippen molar-refractivity contribution in [2.24, 2.45) is 5.92 Å².